The van der Waals surface area contributed by atoms with E-state index < -0.39 is 10.0 Å². The second-order valence-corrected chi connectivity index (χ2v) is 11.7. The SMILES string of the molecule is Cc1ccc(C(=O)NC2CCN(c3ccc(S(=O)(=O)N(C(C)C)C(C)C)cn3)CC2)s1. The molecule has 0 aromatic carbocycles. The van der Waals surface area contributed by atoms with Gasteiger partial charge < -0.3 is 10.2 Å². The van der Waals surface area contributed by atoms with Gasteiger partial charge in [0.05, 0.1) is 4.88 Å². The molecule has 0 saturated carbocycles. The van der Waals surface area contributed by atoms with Crippen LogP contribution in [0, 0.1) is 6.92 Å². The minimum Gasteiger partial charge on any atom is -0.356 e. The van der Waals surface area contributed by atoms with E-state index in [0.717, 1.165) is 41.5 Å². The van der Waals surface area contributed by atoms with Crippen molar-refractivity contribution in [2.75, 3.05) is 18.0 Å². The fourth-order valence-electron chi connectivity index (χ4n) is 4.05. The summed E-state index contributed by atoms with van der Waals surface area (Å²) in [6, 6.07) is 7.12. The molecule has 2 aromatic rings. The lowest BCUT2D eigenvalue weighted by atomic mass is 10.0. The number of sulfonamides is 1. The minimum atomic E-state index is -3.59. The Morgan fingerprint density at radius 1 is 1.13 bits per heavy atom. The first kappa shape index (κ1) is 23.7. The lowest BCUT2D eigenvalue weighted by Crippen LogP contribution is -2.44. The fourth-order valence-corrected chi connectivity index (χ4v) is 6.60. The Labute approximate surface area is 189 Å². The summed E-state index contributed by atoms with van der Waals surface area (Å²) in [6.45, 7) is 11.0. The molecule has 1 N–H and O–H groups in total. The Hall–Kier alpha value is -1.97. The van der Waals surface area contributed by atoms with E-state index in [1.54, 1.807) is 12.1 Å². The Bertz CT molecular complexity index is 984. The number of aromatic nitrogens is 1. The summed E-state index contributed by atoms with van der Waals surface area (Å²) in [4.78, 5) is 21.0. The molecule has 0 atom stereocenters. The predicted molar refractivity (Wildman–Crippen MR) is 125 cm³/mol. The number of pyridine rings is 1. The van der Waals surface area contributed by atoms with Gasteiger partial charge in [-0.15, -0.1) is 11.3 Å². The van der Waals surface area contributed by atoms with E-state index in [1.807, 2.05) is 46.8 Å². The minimum absolute atomic E-state index is 0.0101. The van der Waals surface area contributed by atoms with E-state index in [4.69, 9.17) is 0 Å². The van der Waals surface area contributed by atoms with Crippen molar-refractivity contribution in [3.8, 4) is 0 Å². The van der Waals surface area contributed by atoms with Gasteiger partial charge in [-0.2, -0.15) is 4.31 Å². The third kappa shape index (κ3) is 5.45. The average molecular weight is 465 g/mol. The summed E-state index contributed by atoms with van der Waals surface area (Å²) in [5.41, 5.74) is 0. The third-order valence-corrected chi connectivity index (χ3v) is 8.67. The maximum absolute atomic E-state index is 13.0. The highest BCUT2D eigenvalue weighted by atomic mass is 32.2. The van der Waals surface area contributed by atoms with Gasteiger partial charge in [-0.25, -0.2) is 13.4 Å². The predicted octanol–water partition coefficient (Wildman–Crippen LogP) is 3.66. The smallest absolute Gasteiger partial charge is 0.261 e. The highest BCUT2D eigenvalue weighted by Gasteiger charge is 2.30. The average Bonchev–Trinajstić information content (AvgIpc) is 3.14. The van der Waals surface area contributed by atoms with E-state index in [2.05, 4.69) is 15.2 Å². The molecule has 1 fully saturated rings. The van der Waals surface area contributed by atoms with E-state index in [-0.39, 0.29) is 28.9 Å². The molecule has 1 saturated heterocycles. The van der Waals surface area contributed by atoms with E-state index in [1.165, 1.54) is 21.8 Å². The number of anilines is 1. The molecule has 1 aliphatic rings. The fraction of sp³-hybridized carbons (Fsp3) is 0.545. The number of nitrogens with zero attached hydrogens (tertiary/aromatic N) is 3. The van der Waals surface area contributed by atoms with Gasteiger partial charge >= 0.3 is 0 Å². The first-order chi connectivity index (χ1) is 14.6. The number of hydrogen-bond acceptors (Lipinski definition) is 6. The normalized spacial score (nSPS) is 15.8. The number of hydrogen-bond donors (Lipinski definition) is 1. The molecule has 0 spiro atoms. The van der Waals surface area contributed by atoms with Crippen molar-refractivity contribution in [1.29, 1.82) is 0 Å². The van der Waals surface area contributed by atoms with Crippen molar-refractivity contribution in [3.05, 3.63) is 40.2 Å². The molecule has 0 unspecified atom stereocenters. The van der Waals surface area contributed by atoms with Gasteiger partial charge in [0.25, 0.3) is 5.91 Å². The van der Waals surface area contributed by atoms with Gasteiger partial charge in [-0.1, -0.05) is 0 Å². The molecule has 0 radical (unpaired) electrons. The number of nitrogens with one attached hydrogen (secondary N) is 1. The van der Waals surface area contributed by atoms with Crippen LogP contribution in [0.15, 0.2) is 35.4 Å². The number of piperidine rings is 1. The molecular weight excluding hydrogens is 432 g/mol. The number of carbonyl (C=O) groups excluding carboxylic acids is 1. The summed E-state index contributed by atoms with van der Waals surface area (Å²) in [6.07, 6.45) is 3.11. The maximum Gasteiger partial charge on any atom is 0.261 e. The Morgan fingerprint density at radius 2 is 1.77 bits per heavy atom. The first-order valence-corrected chi connectivity index (χ1v) is 13.0. The molecule has 0 bridgehead atoms. The van der Waals surface area contributed by atoms with Crippen molar-refractivity contribution in [1.82, 2.24) is 14.6 Å². The van der Waals surface area contributed by atoms with Gasteiger partial charge in [0.15, 0.2) is 0 Å². The Balaban J connectivity index is 1.61. The molecule has 0 aliphatic carbocycles. The third-order valence-electron chi connectivity index (χ3n) is 5.43. The Morgan fingerprint density at radius 3 is 2.26 bits per heavy atom. The zero-order valence-electron chi connectivity index (χ0n) is 18.8. The van der Waals surface area contributed by atoms with Crippen LogP contribution in [0.4, 0.5) is 5.82 Å². The van der Waals surface area contributed by atoms with Gasteiger partial charge in [0, 0.05) is 42.3 Å². The maximum atomic E-state index is 13.0. The molecule has 2 aromatic heterocycles. The van der Waals surface area contributed by atoms with E-state index >= 15 is 0 Å². The molecule has 3 rings (SSSR count). The number of carbonyl (C=O) groups is 1. The van der Waals surface area contributed by atoms with Crippen LogP contribution in [-0.4, -0.2) is 54.8 Å². The van der Waals surface area contributed by atoms with E-state index in [9.17, 15) is 13.2 Å². The summed E-state index contributed by atoms with van der Waals surface area (Å²) in [5.74, 6) is 0.752. The number of thiophene rings is 1. The van der Waals surface area contributed by atoms with Crippen LogP contribution in [0.3, 0.4) is 0 Å². The number of amides is 1. The quantitative estimate of drug-likeness (QED) is 0.676. The molecular formula is C22H32N4O3S2. The highest BCUT2D eigenvalue weighted by molar-refractivity contribution is 7.89. The van der Waals surface area contributed by atoms with Gasteiger partial charge in [-0.3, -0.25) is 4.79 Å². The van der Waals surface area contributed by atoms with Gasteiger partial charge in [0.1, 0.15) is 10.7 Å². The van der Waals surface area contributed by atoms with Crippen LogP contribution in [-0.2, 0) is 10.0 Å². The lowest BCUT2D eigenvalue weighted by molar-refractivity contribution is 0.0935. The summed E-state index contributed by atoms with van der Waals surface area (Å²) in [7, 11) is -3.59. The van der Waals surface area contributed by atoms with Gasteiger partial charge in [0.2, 0.25) is 10.0 Å². The van der Waals surface area contributed by atoms with Crippen LogP contribution < -0.4 is 10.2 Å². The molecule has 1 amide bonds. The first-order valence-electron chi connectivity index (χ1n) is 10.7. The zero-order chi connectivity index (χ0) is 22.8. The lowest BCUT2D eigenvalue weighted by Gasteiger charge is -2.33. The number of rotatable bonds is 7. The van der Waals surface area contributed by atoms with Crippen LogP contribution in [0.1, 0.15) is 55.1 Å². The summed E-state index contributed by atoms with van der Waals surface area (Å²) >= 11 is 1.51. The van der Waals surface area contributed by atoms with Crippen molar-refractivity contribution >= 4 is 33.1 Å². The van der Waals surface area contributed by atoms with Crippen LogP contribution >= 0.6 is 11.3 Å². The molecule has 9 heteroatoms. The molecule has 3 heterocycles. The summed E-state index contributed by atoms with van der Waals surface area (Å²) in [5, 5.41) is 3.12. The van der Waals surface area contributed by atoms with Gasteiger partial charge in [-0.05, 0) is 71.7 Å². The van der Waals surface area contributed by atoms with Crippen molar-refractivity contribution < 1.29 is 13.2 Å². The molecule has 1 aliphatic heterocycles. The van der Waals surface area contributed by atoms with E-state index in [0.29, 0.717) is 0 Å². The second kappa shape index (κ2) is 9.67. The van der Waals surface area contributed by atoms with Crippen LogP contribution in [0.5, 0.6) is 0 Å². The molecule has 170 valence electrons. The highest BCUT2D eigenvalue weighted by Crippen LogP contribution is 2.24. The van der Waals surface area contributed by atoms with Crippen molar-refractivity contribution in [2.24, 2.45) is 0 Å². The number of aryl methyl sites for hydroxylation is 1. The second-order valence-electron chi connectivity index (χ2n) is 8.52. The largest absolute Gasteiger partial charge is 0.356 e. The van der Waals surface area contributed by atoms with Crippen molar-refractivity contribution in [2.45, 2.75) is 70.5 Å². The van der Waals surface area contributed by atoms with Crippen LogP contribution in [0.2, 0.25) is 0 Å². The monoisotopic (exact) mass is 464 g/mol. The molecule has 31 heavy (non-hydrogen) atoms. The standard InChI is InChI=1S/C22H32N4O3S2/c1-15(2)26(16(3)4)31(28,29)19-7-9-21(23-14-19)25-12-10-18(11-13-25)24-22(27)20-8-6-17(5)30-20/h6-9,14-16,18H,10-13H2,1-5H3,(H,24,27). The summed E-state index contributed by atoms with van der Waals surface area (Å²) < 4.78 is 27.5. The zero-order valence-corrected chi connectivity index (χ0v) is 20.5. The van der Waals surface area contributed by atoms with Crippen molar-refractivity contribution in [3.63, 3.8) is 0 Å². The van der Waals surface area contributed by atoms with Crippen LogP contribution in [0.25, 0.3) is 0 Å². The molecule has 7 nitrogen and oxygen atoms in total. The Kier molecular flexibility index (Phi) is 7.39. The topological polar surface area (TPSA) is 82.6 Å².